The number of hydrogen-bond donors (Lipinski definition) is 2. The average molecular weight is 645 g/mol. The van der Waals surface area contributed by atoms with Gasteiger partial charge in [0.05, 0.1) is 36.7 Å². The number of rotatable bonds is 8. The molecule has 15 heteroatoms. The summed E-state index contributed by atoms with van der Waals surface area (Å²) < 4.78 is 71.8. The molecule has 3 rings (SSSR count). The van der Waals surface area contributed by atoms with Gasteiger partial charge in [-0.25, -0.2) is 16.8 Å². The maximum atomic E-state index is 14.1. The van der Waals surface area contributed by atoms with E-state index < -0.39 is 38.1 Å². The number of carbonyl (C=O) groups excluding carboxylic acids is 1. The van der Waals surface area contributed by atoms with E-state index in [1.165, 1.54) is 28.4 Å². The largest absolute Gasteiger partial charge is 0.490 e. The molecule has 2 heterocycles. The number of ether oxygens (including phenoxy) is 2. The zero-order valence-corrected chi connectivity index (χ0v) is 27.5. The second-order valence-corrected chi connectivity index (χ2v) is 15.1. The summed E-state index contributed by atoms with van der Waals surface area (Å²) in [5.41, 5.74) is 0.599. The zero-order valence-electron chi connectivity index (χ0n) is 25.9. The number of fused-ring (bicyclic) bond motifs is 1. The first kappa shape index (κ1) is 34.8. The summed E-state index contributed by atoms with van der Waals surface area (Å²) in [6.07, 6.45) is 2.29. The van der Waals surface area contributed by atoms with E-state index in [0.29, 0.717) is 25.2 Å². The Bertz CT molecular complexity index is 1460. The number of carbonyl (C=O) groups is 1. The third-order valence-electron chi connectivity index (χ3n) is 7.43. The Hall–Kier alpha value is -2.72. The van der Waals surface area contributed by atoms with Crippen LogP contribution in [-0.4, -0.2) is 100 Å². The van der Waals surface area contributed by atoms with Gasteiger partial charge in [-0.15, -0.1) is 0 Å². The van der Waals surface area contributed by atoms with Crippen molar-refractivity contribution >= 4 is 31.6 Å². The summed E-state index contributed by atoms with van der Waals surface area (Å²) in [5, 5.41) is 13.9. The fourth-order valence-corrected chi connectivity index (χ4v) is 7.03. The molecule has 242 valence electrons. The SMILES string of the molecule is Cc1noc(C)c1S(=O)(=O)N(C)C[C@H]1OCCCC[C@H](C)Oc2ccc(NS(C)(=O)=O)cc2C(=O)N([C@H](C)CO)C[C@@H]1C. The van der Waals surface area contributed by atoms with Crippen molar-refractivity contribution in [3.05, 3.63) is 35.2 Å². The number of anilines is 1. The molecule has 0 saturated carbocycles. The molecule has 0 aliphatic carbocycles. The molecule has 0 radical (unpaired) electrons. The first-order valence-corrected chi connectivity index (χ1v) is 17.6. The quantitative estimate of drug-likeness (QED) is 0.436. The van der Waals surface area contributed by atoms with Gasteiger partial charge in [0.25, 0.3) is 5.91 Å². The topological polar surface area (TPSA) is 169 Å². The second kappa shape index (κ2) is 14.4. The third-order valence-corrected chi connectivity index (χ3v) is 10.1. The Labute approximate surface area is 254 Å². The minimum Gasteiger partial charge on any atom is -0.490 e. The van der Waals surface area contributed by atoms with Gasteiger partial charge in [0.1, 0.15) is 16.3 Å². The van der Waals surface area contributed by atoms with Crippen molar-refractivity contribution in [2.75, 3.05) is 44.3 Å². The lowest BCUT2D eigenvalue weighted by molar-refractivity contribution is -0.00835. The first-order valence-electron chi connectivity index (χ1n) is 14.3. The van der Waals surface area contributed by atoms with Crippen LogP contribution in [-0.2, 0) is 24.8 Å². The Morgan fingerprint density at radius 1 is 1.19 bits per heavy atom. The van der Waals surface area contributed by atoms with E-state index in [1.54, 1.807) is 26.8 Å². The predicted molar refractivity (Wildman–Crippen MR) is 161 cm³/mol. The van der Waals surface area contributed by atoms with E-state index >= 15 is 0 Å². The summed E-state index contributed by atoms with van der Waals surface area (Å²) in [4.78, 5) is 15.6. The number of hydrogen-bond acceptors (Lipinski definition) is 10. The maximum absolute atomic E-state index is 14.1. The highest BCUT2D eigenvalue weighted by molar-refractivity contribution is 7.92. The fourth-order valence-electron chi connectivity index (χ4n) is 5.01. The van der Waals surface area contributed by atoms with Gasteiger partial charge in [-0.3, -0.25) is 9.52 Å². The molecule has 0 unspecified atom stereocenters. The molecular formula is C28H44N4O9S2. The highest BCUT2D eigenvalue weighted by atomic mass is 32.2. The van der Waals surface area contributed by atoms with Crippen LogP contribution in [0.1, 0.15) is 61.8 Å². The van der Waals surface area contributed by atoms with Crippen molar-refractivity contribution in [3.63, 3.8) is 0 Å². The molecule has 0 saturated heterocycles. The highest BCUT2D eigenvalue weighted by Crippen LogP contribution is 2.29. The number of aromatic nitrogens is 1. The van der Waals surface area contributed by atoms with Gasteiger partial charge < -0.3 is 24.0 Å². The fraction of sp³-hybridized carbons (Fsp3) is 0.643. The molecule has 1 aliphatic heterocycles. The number of nitrogens with one attached hydrogen (secondary N) is 1. The van der Waals surface area contributed by atoms with Crippen LogP contribution < -0.4 is 9.46 Å². The number of aliphatic hydroxyl groups excluding tert-OH is 1. The lowest BCUT2D eigenvalue weighted by Crippen LogP contribution is -2.48. The monoisotopic (exact) mass is 644 g/mol. The molecule has 0 fully saturated rings. The van der Waals surface area contributed by atoms with Crippen molar-refractivity contribution in [2.45, 2.75) is 77.0 Å². The van der Waals surface area contributed by atoms with Gasteiger partial charge in [-0.1, -0.05) is 12.1 Å². The number of sulfonamides is 2. The van der Waals surface area contributed by atoms with E-state index in [0.717, 1.165) is 12.7 Å². The normalized spacial score (nSPS) is 22.0. The Balaban J connectivity index is 2.00. The number of aryl methyl sites for hydroxylation is 2. The number of amides is 1. The van der Waals surface area contributed by atoms with Crippen molar-refractivity contribution in [1.29, 1.82) is 0 Å². The third kappa shape index (κ3) is 8.91. The Morgan fingerprint density at radius 3 is 2.49 bits per heavy atom. The lowest BCUT2D eigenvalue weighted by atomic mass is 10.0. The molecule has 1 amide bonds. The van der Waals surface area contributed by atoms with Gasteiger partial charge >= 0.3 is 0 Å². The van der Waals surface area contributed by atoms with Crippen LogP contribution in [0.4, 0.5) is 5.69 Å². The standard InChI is InChI=1S/C28H44N4O9S2/c1-18-15-32(19(2)17-33)28(34)24-14-23(30-42(7,35)36)11-12-25(24)40-20(3)10-8-9-13-39-26(18)16-31(6)43(37,38)27-21(4)29-41-22(27)5/h11-12,14,18-20,26,30,33H,8-10,13,15-17H2,1-7H3/t18-,19+,20-,26+/m0/s1. The molecule has 43 heavy (non-hydrogen) atoms. The van der Waals surface area contributed by atoms with Gasteiger partial charge in [0.2, 0.25) is 20.0 Å². The summed E-state index contributed by atoms with van der Waals surface area (Å²) in [7, 11) is -6.10. The van der Waals surface area contributed by atoms with Crippen molar-refractivity contribution in [1.82, 2.24) is 14.4 Å². The summed E-state index contributed by atoms with van der Waals surface area (Å²) in [6, 6.07) is 3.90. The first-order chi connectivity index (χ1) is 20.0. The second-order valence-electron chi connectivity index (χ2n) is 11.3. The minimum absolute atomic E-state index is 0.00161. The molecule has 2 aromatic rings. The molecule has 1 aromatic carbocycles. The van der Waals surface area contributed by atoms with Gasteiger partial charge in [0, 0.05) is 38.3 Å². The molecule has 1 aliphatic rings. The van der Waals surface area contributed by atoms with Gasteiger partial charge in [-0.2, -0.15) is 4.31 Å². The molecule has 1 aromatic heterocycles. The molecule has 2 N–H and O–H groups in total. The van der Waals surface area contributed by atoms with E-state index in [9.17, 15) is 26.7 Å². The van der Waals surface area contributed by atoms with E-state index in [1.807, 2.05) is 13.8 Å². The van der Waals surface area contributed by atoms with Gasteiger partial charge in [-0.05, 0) is 65.2 Å². The molecular weight excluding hydrogens is 600 g/mol. The van der Waals surface area contributed by atoms with E-state index in [4.69, 9.17) is 14.0 Å². The van der Waals surface area contributed by atoms with Crippen molar-refractivity contribution in [2.24, 2.45) is 5.92 Å². The summed E-state index contributed by atoms with van der Waals surface area (Å²) in [6.45, 7) is 8.71. The minimum atomic E-state index is -3.95. The number of likely N-dealkylation sites (N-methyl/N-ethyl adjacent to an activating group) is 1. The van der Waals surface area contributed by atoms with Crippen molar-refractivity contribution in [3.8, 4) is 5.75 Å². The highest BCUT2D eigenvalue weighted by Gasteiger charge is 2.34. The van der Waals surface area contributed by atoms with Crippen LogP contribution in [0, 0.1) is 19.8 Å². The van der Waals surface area contributed by atoms with E-state index in [-0.39, 0.29) is 59.3 Å². The van der Waals surface area contributed by atoms with Crippen LogP contribution in [0.3, 0.4) is 0 Å². The number of benzene rings is 1. The van der Waals surface area contributed by atoms with Crippen LogP contribution in [0.5, 0.6) is 5.75 Å². The van der Waals surface area contributed by atoms with Crippen LogP contribution in [0.15, 0.2) is 27.6 Å². The Kier molecular flexibility index (Phi) is 11.6. The van der Waals surface area contributed by atoms with Crippen molar-refractivity contribution < 1.29 is 40.7 Å². The van der Waals surface area contributed by atoms with Gasteiger partial charge in [0.15, 0.2) is 5.76 Å². The predicted octanol–water partition coefficient (Wildman–Crippen LogP) is 2.78. The molecule has 4 atom stereocenters. The molecule has 13 nitrogen and oxygen atoms in total. The number of aliphatic hydroxyl groups is 1. The molecule has 0 spiro atoms. The van der Waals surface area contributed by atoms with Crippen LogP contribution >= 0.6 is 0 Å². The zero-order chi connectivity index (χ0) is 32.1. The maximum Gasteiger partial charge on any atom is 0.258 e. The number of nitrogens with zero attached hydrogens (tertiary/aromatic N) is 3. The molecule has 0 bridgehead atoms. The van der Waals surface area contributed by atoms with Crippen LogP contribution in [0.25, 0.3) is 0 Å². The van der Waals surface area contributed by atoms with Crippen LogP contribution in [0.2, 0.25) is 0 Å². The lowest BCUT2D eigenvalue weighted by Gasteiger charge is -2.35. The summed E-state index contributed by atoms with van der Waals surface area (Å²) >= 11 is 0. The van der Waals surface area contributed by atoms with E-state index in [2.05, 4.69) is 9.88 Å². The Morgan fingerprint density at radius 2 is 1.88 bits per heavy atom. The smallest absolute Gasteiger partial charge is 0.258 e. The summed E-state index contributed by atoms with van der Waals surface area (Å²) in [5.74, 6) is -0.351. The average Bonchev–Trinajstić information content (AvgIpc) is 3.27.